The van der Waals surface area contributed by atoms with Crippen LogP contribution in [0.25, 0.3) is 0 Å². The molecule has 1 heterocycles. The molecule has 0 aromatic carbocycles. The molecule has 0 fully saturated rings. The van der Waals surface area contributed by atoms with Crippen molar-refractivity contribution in [2.24, 2.45) is 17.6 Å². The van der Waals surface area contributed by atoms with Gasteiger partial charge in [-0.1, -0.05) is 13.8 Å². The van der Waals surface area contributed by atoms with Crippen molar-refractivity contribution in [3.63, 3.8) is 0 Å². The smallest absolute Gasteiger partial charge is 0.0924 e. The summed E-state index contributed by atoms with van der Waals surface area (Å²) in [5, 5.41) is 12.3. The minimum atomic E-state index is -0.391. The zero-order valence-electron chi connectivity index (χ0n) is 9.73. The molecular weight excluding hydrogens is 206 g/mol. The van der Waals surface area contributed by atoms with E-state index in [0.29, 0.717) is 12.5 Å². The number of aliphatic hydroxyl groups excluding tert-OH is 1. The summed E-state index contributed by atoms with van der Waals surface area (Å²) < 4.78 is 0. The molecule has 0 amide bonds. The van der Waals surface area contributed by atoms with E-state index in [-0.39, 0.29) is 5.92 Å². The highest BCUT2D eigenvalue weighted by Crippen LogP contribution is 2.32. The third-order valence-corrected chi connectivity index (χ3v) is 3.78. The maximum absolute atomic E-state index is 10.2. The van der Waals surface area contributed by atoms with Crippen molar-refractivity contribution < 1.29 is 5.11 Å². The number of aliphatic hydroxyl groups is 1. The van der Waals surface area contributed by atoms with E-state index < -0.39 is 6.10 Å². The van der Waals surface area contributed by atoms with Crippen molar-refractivity contribution in [1.29, 1.82) is 0 Å². The van der Waals surface area contributed by atoms with Gasteiger partial charge in [0.25, 0.3) is 0 Å². The summed E-state index contributed by atoms with van der Waals surface area (Å²) in [7, 11) is 0. The molecule has 1 aromatic heterocycles. The largest absolute Gasteiger partial charge is 0.387 e. The van der Waals surface area contributed by atoms with Gasteiger partial charge in [0.2, 0.25) is 0 Å². The second-order valence-corrected chi connectivity index (χ2v) is 5.49. The van der Waals surface area contributed by atoms with Gasteiger partial charge in [0.15, 0.2) is 0 Å². The standard InChI is InChI=1S/C12H21NOS/c1-8(2)6-10(7-13)11(14)12-9(3)4-5-15-12/h4-5,8,10-11,14H,6-7,13H2,1-3H3. The molecule has 3 N–H and O–H groups in total. The number of rotatable bonds is 5. The Morgan fingerprint density at radius 1 is 1.47 bits per heavy atom. The van der Waals surface area contributed by atoms with Crippen LogP contribution in [0, 0.1) is 18.8 Å². The molecule has 2 nitrogen and oxygen atoms in total. The lowest BCUT2D eigenvalue weighted by Gasteiger charge is -2.22. The summed E-state index contributed by atoms with van der Waals surface area (Å²) in [6, 6.07) is 2.05. The van der Waals surface area contributed by atoms with Crippen molar-refractivity contribution in [2.45, 2.75) is 33.3 Å². The maximum atomic E-state index is 10.2. The fraction of sp³-hybridized carbons (Fsp3) is 0.667. The summed E-state index contributed by atoms with van der Waals surface area (Å²) in [5.41, 5.74) is 6.90. The third-order valence-electron chi connectivity index (χ3n) is 2.69. The van der Waals surface area contributed by atoms with Crippen LogP contribution in [0.5, 0.6) is 0 Å². The van der Waals surface area contributed by atoms with Gasteiger partial charge in [0, 0.05) is 10.8 Å². The lowest BCUT2D eigenvalue weighted by atomic mass is 9.90. The maximum Gasteiger partial charge on any atom is 0.0924 e. The van der Waals surface area contributed by atoms with Crippen LogP contribution in [-0.2, 0) is 0 Å². The van der Waals surface area contributed by atoms with Gasteiger partial charge in [-0.2, -0.15) is 0 Å². The molecule has 0 saturated heterocycles. The quantitative estimate of drug-likeness (QED) is 0.812. The lowest BCUT2D eigenvalue weighted by molar-refractivity contribution is 0.102. The summed E-state index contributed by atoms with van der Waals surface area (Å²) in [6.07, 6.45) is 0.590. The summed E-state index contributed by atoms with van der Waals surface area (Å²) in [4.78, 5) is 1.08. The van der Waals surface area contributed by atoms with E-state index in [1.807, 2.05) is 18.4 Å². The predicted octanol–water partition coefficient (Wildman–Crippen LogP) is 2.71. The Morgan fingerprint density at radius 2 is 2.13 bits per heavy atom. The molecule has 3 heteroatoms. The van der Waals surface area contributed by atoms with Crippen LogP contribution >= 0.6 is 11.3 Å². The zero-order chi connectivity index (χ0) is 11.4. The first-order chi connectivity index (χ1) is 7.06. The zero-order valence-corrected chi connectivity index (χ0v) is 10.6. The fourth-order valence-electron chi connectivity index (χ4n) is 1.86. The monoisotopic (exact) mass is 227 g/mol. The summed E-state index contributed by atoms with van der Waals surface area (Å²) >= 11 is 1.62. The average Bonchev–Trinajstić information content (AvgIpc) is 2.59. The van der Waals surface area contributed by atoms with Gasteiger partial charge in [-0.05, 0) is 42.8 Å². The van der Waals surface area contributed by atoms with E-state index in [0.717, 1.165) is 11.3 Å². The first kappa shape index (κ1) is 12.7. The van der Waals surface area contributed by atoms with Crippen LogP contribution in [0.2, 0.25) is 0 Å². The molecule has 0 aliphatic heterocycles. The number of aryl methyl sites for hydroxylation is 1. The average molecular weight is 227 g/mol. The van der Waals surface area contributed by atoms with Crippen LogP contribution in [0.4, 0.5) is 0 Å². The van der Waals surface area contributed by atoms with Crippen LogP contribution in [0.1, 0.15) is 36.8 Å². The highest BCUT2D eigenvalue weighted by molar-refractivity contribution is 7.10. The number of hydrogen-bond acceptors (Lipinski definition) is 3. The SMILES string of the molecule is Cc1ccsc1C(O)C(CN)CC(C)C. The molecule has 0 saturated carbocycles. The molecule has 0 bridgehead atoms. The van der Waals surface area contributed by atoms with Crippen molar-refractivity contribution in [3.8, 4) is 0 Å². The Bertz CT molecular complexity index is 296. The molecular formula is C12H21NOS. The Morgan fingerprint density at radius 3 is 2.53 bits per heavy atom. The molecule has 2 unspecified atom stereocenters. The highest BCUT2D eigenvalue weighted by Gasteiger charge is 2.22. The van der Waals surface area contributed by atoms with Gasteiger partial charge in [-0.3, -0.25) is 0 Å². The molecule has 15 heavy (non-hydrogen) atoms. The van der Waals surface area contributed by atoms with Gasteiger partial charge in [0.05, 0.1) is 6.10 Å². The predicted molar refractivity (Wildman–Crippen MR) is 66.0 cm³/mol. The Hall–Kier alpha value is -0.380. The van der Waals surface area contributed by atoms with E-state index in [4.69, 9.17) is 5.73 Å². The summed E-state index contributed by atoms with van der Waals surface area (Å²) in [5.74, 6) is 0.760. The van der Waals surface area contributed by atoms with Gasteiger partial charge in [0.1, 0.15) is 0 Å². The normalized spacial score (nSPS) is 15.6. The van der Waals surface area contributed by atoms with Crippen molar-refractivity contribution in [1.82, 2.24) is 0 Å². The number of nitrogens with two attached hydrogens (primary N) is 1. The van der Waals surface area contributed by atoms with Crippen LogP contribution in [0.3, 0.4) is 0 Å². The summed E-state index contributed by atoms with van der Waals surface area (Å²) in [6.45, 7) is 6.92. The molecule has 1 aromatic rings. The van der Waals surface area contributed by atoms with Crippen molar-refractivity contribution in [2.75, 3.05) is 6.54 Å². The van der Waals surface area contributed by atoms with Gasteiger partial charge >= 0.3 is 0 Å². The van der Waals surface area contributed by atoms with Crippen molar-refractivity contribution >= 4 is 11.3 Å². The van der Waals surface area contributed by atoms with Crippen LogP contribution in [0.15, 0.2) is 11.4 Å². The molecule has 2 atom stereocenters. The first-order valence-electron chi connectivity index (χ1n) is 5.48. The van der Waals surface area contributed by atoms with E-state index in [1.165, 1.54) is 5.56 Å². The minimum Gasteiger partial charge on any atom is -0.387 e. The first-order valence-corrected chi connectivity index (χ1v) is 6.36. The second-order valence-electron chi connectivity index (χ2n) is 4.54. The van der Waals surface area contributed by atoms with E-state index in [2.05, 4.69) is 13.8 Å². The number of hydrogen-bond donors (Lipinski definition) is 2. The molecule has 86 valence electrons. The van der Waals surface area contributed by atoms with Crippen molar-refractivity contribution in [3.05, 3.63) is 21.9 Å². The third kappa shape index (κ3) is 3.30. The van der Waals surface area contributed by atoms with Gasteiger partial charge < -0.3 is 10.8 Å². The Balaban J connectivity index is 2.73. The molecule has 1 rings (SSSR count). The van der Waals surface area contributed by atoms with E-state index in [9.17, 15) is 5.11 Å². The van der Waals surface area contributed by atoms with E-state index in [1.54, 1.807) is 11.3 Å². The van der Waals surface area contributed by atoms with E-state index >= 15 is 0 Å². The Kier molecular flexibility index (Phi) is 4.77. The second kappa shape index (κ2) is 5.64. The van der Waals surface area contributed by atoms with Crippen LogP contribution < -0.4 is 5.73 Å². The van der Waals surface area contributed by atoms with Gasteiger partial charge in [-0.25, -0.2) is 0 Å². The fourth-order valence-corrected chi connectivity index (χ4v) is 2.87. The number of thiophene rings is 1. The Labute approximate surface area is 96.1 Å². The molecule has 0 aliphatic rings. The minimum absolute atomic E-state index is 0.183. The van der Waals surface area contributed by atoms with Gasteiger partial charge in [-0.15, -0.1) is 11.3 Å². The molecule has 0 aliphatic carbocycles. The topological polar surface area (TPSA) is 46.2 Å². The molecule has 0 radical (unpaired) electrons. The van der Waals surface area contributed by atoms with Crippen LogP contribution in [-0.4, -0.2) is 11.7 Å². The highest BCUT2D eigenvalue weighted by atomic mass is 32.1. The lowest BCUT2D eigenvalue weighted by Crippen LogP contribution is -2.23. The molecule has 0 spiro atoms.